The first-order chi connectivity index (χ1) is 5.36. The first kappa shape index (κ1) is 7.46. The van der Waals surface area contributed by atoms with Gasteiger partial charge in [0.05, 0.1) is 7.11 Å². The van der Waals surface area contributed by atoms with E-state index in [9.17, 15) is 4.79 Å². The number of aromatic nitrogens is 2. The molecule has 1 heterocycles. The standard InChI is InChI=1S/C6H7N3O2/c1-11-6-2-5(9-4-10)7-3-8-6/h2-4H,1H3,(H,7,8,9,10). The van der Waals surface area contributed by atoms with Crippen LogP contribution in [0.3, 0.4) is 0 Å². The van der Waals surface area contributed by atoms with Crippen molar-refractivity contribution >= 4 is 12.2 Å². The SMILES string of the molecule is COc1cc(NC=O)ncn1. The lowest BCUT2D eigenvalue weighted by atomic mass is 10.5. The Labute approximate surface area is 63.4 Å². The minimum Gasteiger partial charge on any atom is -0.481 e. The Morgan fingerprint density at radius 3 is 3.09 bits per heavy atom. The number of nitrogens with one attached hydrogen (secondary N) is 1. The number of carbonyl (C=O) groups excluding carboxylic acids is 1. The highest BCUT2D eigenvalue weighted by atomic mass is 16.5. The molecule has 0 aliphatic carbocycles. The molecule has 0 atom stereocenters. The number of hydrogen-bond acceptors (Lipinski definition) is 4. The first-order valence-corrected chi connectivity index (χ1v) is 2.93. The molecule has 1 amide bonds. The van der Waals surface area contributed by atoms with Crippen molar-refractivity contribution in [3.63, 3.8) is 0 Å². The minimum atomic E-state index is 0.421. The van der Waals surface area contributed by atoms with E-state index in [0.717, 1.165) is 0 Å². The molecule has 5 nitrogen and oxygen atoms in total. The molecule has 0 saturated heterocycles. The van der Waals surface area contributed by atoms with Gasteiger partial charge in [-0.1, -0.05) is 0 Å². The van der Waals surface area contributed by atoms with E-state index in [0.29, 0.717) is 18.1 Å². The molecule has 0 bridgehead atoms. The number of hydrogen-bond donors (Lipinski definition) is 1. The second-order valence-electron chi connectivity index (χ2n) is 1.71. The molecule has 0 spiro atoms. The highest BCUT2D eigenvalue weighted by Gasteiger charge is 1.94. The van der Waals surface area contributed by atoms with Gasteiger partial charge in [-0.05, 0) is 0 Å². The second kappa shape index (κ2) is 3.50. The summed E-state index contributed by atoms with van der Waals surface area (Å²) in [5.41, 5.74) is 0. The molecule has 0 aliphatic heterocycles. The molecule has 1 aromatic heterocycles. The number of methoxy groups -OCH3 is 1. The van der Waals surface area contributed by atoms with Crippen LogP contribution in [0.1, 0.15) is 0 Å². The highest BCUT2D eigenvalue weighted by molar-refractivity contribution is 5.68. The third-order valence-corrected chi connectivity index (χ3v) is 1.06. The number of ether oxygens (including phenoxy) is 1. The van der Waals surface area contributed by atoms with Crippen LogP contribution in [0.2, 0.25) is 0 Å². The van der Waals surface area contributed by atoms with Gasteiger partial charge >= 0.3 is 0 Å². The molecule has 11 heavy (non-hydrogen) atoms. The van der Waals surface area contributed by atoms with Crippen LogP contribution < -0.4 is 10.1 Å². The van der Waals surface area contributed by atoms with Gasteiger partial charge in [-0.3, -0.25) is 4.79 Å². The molecule has 0 radical (unpaired) electrons. The molecular weight excluding hydrogens is 146 g/mol. The third-order valence-electron chi connectivity index (χ3n) is 1.06. The van der Waals surface area contributed by atoms with Crippen LogP contribution in [0.25, 0.3) is 0 Å². The van der Waals surface area contributed by atoms with Crippen LogP contribution in [0.15, 0.2) is 12.4 Å². The van der Waals surface area contributed by atoms with E-state index < -0.39 is 0 Å². The number of rotatable bonds is 3. The van der Waals surface area contributed by atoms with Crippen molar-refractivity contribution in [2.24, 2.45) is 0 Å². The maximum Gasteiger partial charge on any atom is 0.218 e. The molecule has 0 unspecified atom stereocenters. The van der Waals surface area contributed by atoms with Gasteiger partial charge in [0.15, 0.2) is 0 Å². The smallest absolute Gasteiger partial charge is 0.218 e. The molecule has 58 valence electrons. The summed E-state index contributed by atoms with van der Waals surface area (Å²) in [6.45, 7) is 0. The van der Waals surface area contributed by atoms with E-state index in [4.69, 9.17) is 4.74 Å². The van der Waals surface area contributed by atoms with Crippen LogP contribution in [0, 0.1) is 0 Å². The Kier molecular flexibility index (Phi) is 2.37. The number of carbonyl (C=O) groups is 1. The van der Waals surface area contributed by atoms with Crippen molar-refractivity contribution in [3.8, 4) is 5.88 Å². The van der Waals surface area contributed by atoms with Crippen molar-refractivity contribution in [2.75, 3.05) is 12.4 Å². The van der Waals surface area contributed by atoms with Gasteiger partial charge < -0.3 is 10.1 Å². The number of amides is 1. The van der Waals surface area contributed by atoms with Crippen LogP contribution in [0.5, 0.6) is 5.88 Å². The Bertz CT molecular complexity index is 251. The van der Waals surface area contributed by atoms with Crippen molar-refractivity contribution in [3.05, 3.63) is 12.4 Å². The lowest BCUT2D eigenvalue weighted by Gasteiger charge is -1.99. The predicted molar refractivity (Wildman–Crippen MR) is 38.3 cm³/mol. The van der Waals surface area contributed by atoms with Gasteiger partial charge in [0.25, 0.3) is 0 Å². The largest absolute Gasteiger partial charge is 0.481 e. The Hall–Kier alpha value is -1.65. The summed E-state index contributed by atoms with van der Waals surface area (Å²) < 4.78 is 4.79. The zero-order valence-electron chi connectivity index (χ0n) is 5.94. The van der Waals surface area contributed by atoms with Crippen molar-refractivity contribution in [1.82, 2.24) is 9.97 Å². The molecule has 1 aromatic rings. The van der Waals surface area contributed by atoms with Gasteiger partial charge in [0.1, 0.15) is 12.1 Å². The van der Waals surface area contributed by atoms with Crippen molar-refractivity contribution in [2.45, 2.75) is 0 Å². The summed E-state index contributed by atoms with van der Waals surface area (Å²) in [6.07, 6.45) is 1.85. The van der Waals surface area contributed by atoms with E-state index >= 15 is 0 Å². The predicted octanol–water partition coefficient (Wildman–Crippen LogP) is 0.0535. The topological polar surface area (TPSA) is 64.1 Å². The van der Waals surface area contributed by atoms with Gasteiger partial charge in [0.2, 0.25) is 12.3 Å². The monoisotopic (exact) mass is 153 g/mol. The summed E-state index contributed by atoms with van der Waals surface area (Å²) in [4.78, 5) is 17.5. The lowest BCUT2D eigenvalue weighted by molar-refractivity contribution is -0.105. The molecule has 1 rings (SSSR count). The molecule has 0 saturated carbocycles. The first-order valence-electron chi connectivity index (χ1n) is 2.93. The van der Waals surface area contributed by atoms with Crippen LogP contribution in [0.4, 0.5) is 5.82 Å². The Balaban J connectivity index is 2.82. The summed E-state index contributed by atoms with van der Waals surface area (Å²) in [6, 6.07) is 1.52. The molecular formula is C6H7N3O2. The zero-order chi connectivity index (χ0) is 8.10. The third kappa shape index (κ3) is 1.89. The minimum absolute atomic E-state index is 0.421. The molecule has 0 aromatic carbocycles. The second-order valence-corrected chi connectivity index (χ2v) is 1.71. The highest BCUT2D eigenvalue weighted by Crippen LogP contribution is 2.08. The van der Waals surface area contributed by atoms with Crippen molar-refractivity contribution < 1.29 is 9.53 Å². The maximum absolute atomic E-state index is 9.96. The average Bonchev–Trinajstić information content (AvgIpc) is 2.06. The van der Waals surface area contributed by atoms with Crippen molar-refractivity contribution in [1.29, 1.82) is 0 Å². The summed E-state index contributed by atoms with van der Waals surface area (Å²) in [5.74, 6) is 0.844. The van der Waals surface area contributed by atoms with Crippen LogP contribution >= 0.6 is 0 Å². The van der Waals surface area contributed by atoms with E-state index in [1.54, 1.807) is 0 Å². The lowest BCUT2D eigenvalue weighted by Crippen LogP contribution is -1.98. The fraction of sp³-hybridized carbons (Fsp3) is 0.167. The van der Waals surface area contributed by atoms with Gasteiger partial charge in [0, 0.05) is 6.07 Å². The fourth-order valence-electron chi connectivity index (χ4n) is 0.590. The Morgan fingerprint density at radius 1 is 1.64 bits per heavy atom. The molecule has 1 N–H and O–H groups in total. The van der Waals surface area contributed by atoms with E-state index in [2.05, 4.69) is 15.3 Å². The average molecular weight is 153 g/mol. The van der Waals surface area contributed by atoms with E-state index in [1.165, 1.54) is 19.5 Å². The maximum atomic E-state index is 9.96. The molecule has 0 fully saturated rings. The quantitative estimate of drug-likeness (QED) is 0.623. The van der Waals surface area contributed by atoms with Crippen LogP contribution in [-0.2, 0) is 4.79 Å². The normalized spacial score (nSPS) is 8.82. The zero-order valence-corrected chi connectivity index (χ0v) is 5.94. The van der Waals surface area contributed by atoms with Gasteiger partial charge in [-0.15, -0.1) is 0 Å². The van der Waals surface area contributed by atoms with Gasteiger partial charge in [-0.25, -0.2) is 9.97 Å². The summed E-state index contributed by atoms with van der Waals surface area (Å²) in [7, 11) is 1.49. The molecule has 5 heteroatoms. The number of anilines is 1. The summed E-state index contributed by atoms with van der Waals surface area (Å²) >= 11 is 0. The van der Waals surface area contributed by atoms with Gasteiger partial charge in [-0.2, -0.15) is 0 Å². The van der Waals surface area contributed by atoms with Crippen LogP contribution in [-0.4, -0.2) is 23.5 Å². The Morgan fingerprint density at radius 2 is 2.45 bits per heavy atom. The van der Waals surface area contributed by atoms with E-state index in [-0.39, 0.29) is 0 Å². The summed E-state index contributed by atoms with van der Waals surface area (Å²) in [5, 5.41) is 2.37. The molecule has 0 aliphatic rings. The van der Waals surface area contributed by atoms with E-state index in [1.807, 2.05) is 0 Å². The number of nitrogens with zero attached hydrogens (tertiary/aromatic N) is 2. The fourth-order valence-corrected chi connectivity index (χ4v) is 0.590.